The molecule has 7 nitrogen and oxygen atoms in total. The molecule has 1 atom stereocenters. The molecule has 2 aromatic rings. The maximum atomic E-state index is 13.6. The van der Waals surface area contributed by atoms with Gasteiger partial charge in [0.25, 0.3) is 17.3 Å². The molecule has 5 rings (SSSR count). The summed E-state index contributed by atoms with van der Waals surface area (Å²) in [6.45, 7) is 8.35. The Morgan fingerprint density at radius 2 is 1.82 bits per heavy atom. The molecule has 0 spiro atoms. The van der Waals surface area contributed by atoms with Crippen molar-refractivity contribution in [2.75, 3.05) is 6.54 Å². The van der Waals surface area contributed by atoms with E-state index in [0.29, 0.717) is 40.6 Å². The number of hydrogen-bond acceptors (Lipinski definition) is 5. The summed E-state index contributed by atoms with van der Waals surface area (Å²) in [6.07, 6.45) is 4.34. The molecule has 1 saturated carbocycles. The molecule has 3 heterocycles. The second-order valence-corrected chi connectivity index (χ2v) is 10.6. The number of H-pyrrole nitrogens is 1. The van der Waals surface area contributed by atoms with E-state index in [2.05, 4.69) is 4.98 Å². The molecule has 182 valence electrons. The first kappa shape index (κ1) is 23.2. The number of carbonyl (C=O) groups excluding carboxylic acids is 1. The maximum Gasteiger partial charge on any atom is 0.254 e. The van der Waals surface area contributed by atoms with Crippen molar-refractivity contribution in [2.24, 2.45) is 11.7 Å². The second-order valence-electron chi connectivity index (χ2n) is 10.2. The van der Waals surface area contributed by atoms with E-state index < -0.39 is 5.79 Å². The van der Waals surface area contributed by atoms with E-state index in [4.69, 9.17) is 26.8 Å². The quantitative estimate of drug-likeness (QED) is 0.680. The third kappa shape index (κ3) is 3.69. The van der Waals surface area contributed by atoms with Gasteiger partial charge in [-0.15, -0.1) is 0 Å². The third-order valence-corrected chi connectivity index (χ3v) is 8.19. The molecule has 3 aliphatic rings. The molecule has 0 radical (unpaired) electrons. The lowest BCUT2D eigenvalue weighted by Crippen LogP contribution is -2.46. The number of pyridine rings is 1. The van der Waals surface area contributed by atoms with E-state index in [-0.39, 0.29) is 30.0 Å². The molecule has 0 bridgehead atoms. The first-order valence-corrected chi connectivity index (χ1v) is 12.4. The van der Waals surface area contributed by atoms with Gasteiger partial charge in [0.05, 0.1) is 17.1 Å². The number of carbonyl (C=O) groups is 1. The smallest absolute Gasteiger partial charge is 0.254 e. The Bertz CT molecular complexity index is 1230. The van der Waals surface area contributed by atoms with Gasteiger partial charge < -0.3 is 25.1 Å². The summed E-state index contributed by atoms with van der Waals surface area (Å²) in [5, 5.41) is 0.462. The molecule has 1 fully saturated rings. The van der Waals surface area contributed by atoms with Gasteiger partial charge in [0.1, 0.15) is 0 Å². The zero-order chi connectivity index (χ0) is 24.4. The van der Waals surface area contributed by atoms with Crippen molar-refractivity contribution in [3.8, 4) is 11.5 Å². The van der Waals surface area contributed by atoms with E-state index in [1.54, 1.807) is 4.90 Å². The van der Waals surface area contributed by atoms with E-state index >= 15 is 0 Å². The van der Waals surface area contributed by atoms with Crippen LogP contribution in [-0.2, 0) is 13.0 Å². The number of amides is 1. The summed E-state index contributed by atoms with van der Waals surface area (Å²) >= 11 is 6.82. The third-order valence-electron chi connectivity index (χ3n) is 7.79. The monoisotopic (exact) mass is 485 g/mol. The zero-order valence-corrected chi connectivity index (χ0v) is 21.0. The summed E-state index contributed by atoms with van der Waals surface area (Å²) in [5.74, 6) is 0.345. The lowest BCUT2D eigenvalue weighted by molar-refractivity contribution is -0.120. The van der Waals surface area contributed by atoms with Crippen LogP contribution in [0.1, 0.15) is 70.9 Å². The highest BCUT2D eigenvalue weighted by molar-refractivity contribution is 6.34. The average Bonchev–Trinajstić information content (AvgIpc) is 3.15. The normalized spacial score (nSPS) is 26.1. The minimum Gasteiger partial charge on any atom is -0.448 e. The van der Waals surface area contributed by atoms with Crippen LogP contribution in [0.15, 0.2) is 10.9 Å². The summed E-state index contributed by atoms with van der Waals surface area (Å²) in [6, 6.07) is 2.16. The van der Waals surface area contributed by atoms with E-state index in [1.807, 2.05) is 33.8 Å². The van der Waals surface area contributed by atoms with Crippen molar-refractivity contribution in [3.05, 3.63) is 55.0 Å². The van der Waals surface area contributed by atoms with Crippen LogP contribution < -0.4 is 20.8 Å². The van der Waals surface area contributed by atoms with Gasteiger partial charge in [-0.3, -0.25) is 9.59 Å². The fraction of sp³-hybridized carbons (Fsp3) is 0.538. The average molecular weight is 486 g/mol. The molecule has 1 aromatic carbocycles. The van der Waals surface area contributed by atoms with Gasteiger partial charge in [-0.2, -0.15) is 0 Å². The van der Waals surface area contributed by atoms with Crippen LogP contribution in [0, 0.1) is 26.7 Å². The summed E-state index contributed by atoms with van der Waals surface area (Å²) in [7, 11) is 0. The van der Waals surface area contributed by atoms with Gasteiger partial charge in [-0.1, -0.05) is 11.6 Å². The van der Waals surface area contributed by atoms with Gasteiger partial charge in [0, 0.05) is 42.2 Å². The molecule has 1 aliphatic carbocycles. The lowest BCUT2D eigenvalue weighted by Gasteiger charge is -2.36. The van der Waals surface area contributed by atoms with Crippen molar-refractivity contribution in [1.29, 1.82) is 0 Å². The predicted molar refractivity (Wildman–Crippen MR) is 131 cm³/mol. The van der Waals surface area contributed by atoms with E-state index in [9.17, 15) is 9.59 Å². The number of rotatable bonds is 3. The lowest BCUT2D eigenvalue weighted by atomic mass is 9.81. The number of aromatic nitrogens is 1. The molecule has 3 N–H and O–H groups in total. The Morgan fingerprint density at radius 3 is 2.50 bits per heavy atom. The van der Waals surface area contributed by atoms with Crippen molar-refractivity contribution in [1.82, 2.24) is 9.88 Å². The van der Waals surface area contributed by atoms with Crippen LogP contribution in [0.2, 0.25) is 5.02 Å². The Kier molecular flexibility index (Phi) is 5.68. The minimum absolute atomic E-state index is 0.135. The number of nitrogens with two attached hydrogens (primary N) is 1. The van der Waals surface area contributed by atoms with Gasteiger partial charge in [-0.25, -0.2) is 0 Å². The standard InChI is InChI=1S/C26H32ClN3O4/c1-13-11-14(2)29-24(31)19(13)12-30-10-9-18-20(25(30)32)15(3)22-23(21(18)27)34-26(4,33-22)16-5-7-17(28)8-6-16/h11,16-17H,5-10,12,28H2,1-4H3,(H,29,31)/t16-,17-,26?. The number of benzene rings is 1. The number of aryl methyl sites for hydroxylation is 2. The van der Waals surface area contributed by atoms with Crippen LogP contribution in [0.4, 0.5) is 0 Å². The fourth-order valence-electron chi connectivity index (χ4n) is 5.76. The molecule has 1 amide bonds. The van der Waals surface area contributed by atoms with E-state index in [1.165, 1.54) is 0 Å². The van der Waals surface area contributed by atoms with Crippen LogP contribution in [-0.4, -0.2) is 34.2 Å². The Labute approximate surface area is 204 Å². The fourth-order valence-corrected chi connectivity index (χ4v) is 6.07. The van der Waals surface area contributed by atoms with Gasteiger partial charge in [0.2, 0.25) is 0 Å². The number of halogens is 1. The van der Waals surface area contributed by atoms with Crippen molar-refractivity contribution in [2.45, 2.75) is 78.2 Å². The molecule has 1 aromatic heterocycles. The molecule has 8 heteroatoms. The SMILES string of the molecule is Cc1cc(C)c(CN2CCc3c(Cl)c4c(c(C)c3C2=O)OC(C)([C@H]2CC[C@H](N)CC2)O4)c(=O)[nH]1. The van der Waals surface area contributed by atoms with Crippen LogP contribution in [0.5, 0.6) is 11.5 Å². The number of fused-ring (bicyclic) bond motifs is 2. The highest BCUT2D eigenvalue weighted by atomic mass is 35.5. The molecule has 2 aliphatic heterocycles. The summed E-state index contributed by atoms with van der Waals surface area (Å²) < 4.78 is 12.8. The van der Waals surface area contributed by atoms with Gasteiger partial charge in [-0.05, 0) is 70.1 Å². The largest absolute Gasteiger partial charge is 0.448 e. The predicted octanol–water partition coefficient (Wildman–Crippen LogP) is 4.16. The van der Waals surface area contributed by atoms with Gasteiger partial charge in [0.15, 0.2) is 11.5 Å². The Morgan fingerprint density at radius 1 is 1.15 bits per heavy atom. The maximum absolute atomic E-state index is 13.6. The number of aromatic amines is 1. The number of hydrogen-bond donors (Lipinski definition) is 2. The Hall–Kier alpha value is -2.51. The van der Waals surface area contributed by atoms with E-state index in [0.717, 1.165) is 48.1 Å². The minimum atomic E-state index is -0.824. The summed E-state index contributed by atoms with van der Waals surface area (Å²) in [4.78, 5) is 30.7. The van der Waals surface area contributed by atoms with Crippen molar-refractivity contribution < 1.29 is 14.3 Å². The van der Waals surface area contributed by atoms with Crippen LogP contribution in [0.3, 0.4) is 0 Å². The molecular weight excluding hydrogens is 454 g/mol. The second kappa shape index (κ2) is 8.31. The zero-order valence-electron chi connectivity index (χ0n) is 20.2. The van der Waals surface area contributed by atoms with Gasteiger partial charge >= 0.3 is 0 Å². The Balaban J connectivity index is 1.47. The topological polar surface area (TPSA) is 97.7 Å². The van der Waals surface area contributed by atoms with Crippen molar-refractivity contribution in [3.63, 3.8) is 0 Å². The number of ether oxygens (including phenoxy) is 2. The first-order chi connectivity index (χ1) is 16.1. The van der Waals surface area contributed by atoms with Crippen molar-refractivity contribution >= 4 is 17.5 Å². The molecule has 34 heavy (non-hydrogen) atoms. The number of nitrogens with one attached hydrogen (secondary N) is 1. The van der Waals surface area contributed by atoms with Crippen LogP contribution in [0.25, 0.3) is 0 Å². The number of nitrogens with zero attached hydrogens (tertiary/aromatic N) is 1. The van der Waals surface area contributed by atoms with Crippen LogP contribution >= 0.6 is 11.6 Å². The summed E-state index contributed by atoms with van der Waals surface area (Å²) in [5.41, 5.74) is 10.3. The highest BCUT2D eigenvalue weighted by Crippen LogP contribution is 2.53. The molecular formula is C26H32ClN3O4. The highest BCUT2D eigenvalue weighted by Gasteiger charge is 2.48. The first-order valence-electron chi connectivity index (χ1n) is 12.1. The molecule has 1 unspecified atom stereocenters. The molecule has 0 saturated heterocycles.